The van der Waals surface area contributed by atoms with Crippen LogP contribution in [0, 0.1) is 0 Å². The Morgan fingerprint density at radius 1 is 1.07 bits per heavy atom. The molecular formula is C23H19N5O2. The molecule has 4 aromatic rings. The van der Waals surface area contributed by atoms with E-state index in [1.54, 1.807) is 30.7 Å². The van der Waals surface area contributed by atoms with Gasteiger partial charge in [0, 0.05) is 29.7 Å². The molecule has 0 atom stereocenters. The van der Waals surface area contributed by atoms with Gasteiger partial charge < -0.3 is 5.11 Å². The van der Waals surface area contributed by atoms with E-state index < -0.39 is 5.97 Å². The third kappa shape index (κ3) is 4.59. The molecule has 2 N–H and O–H groups in total. The first kappa shape index (κ1) is 19.1. The van der Waals surface area contributed by atoms with Crippen molar-refractivity contribution >= 4 is 17.9 Å². The Labute approximate surface area is 173 Å². The molecule has 0 amide bonds. The highest BCUT2D eigenvalue weighted by atomic mass is 16.4. The van der Waals surface area contributed by atoms with Crippen LogP contribution in [0.25, 0.3) is 11.3 Å². The quantitative estimate of drug-likeness (QED) is 0.361. The van der Waals surface area contributed by atoms with Gasteiger partial charge in [0.2, 0.25) is 0 Å². The van der Waals surface area contributed by atoms with Crippen LogP contribution >= 0.6 is 0 Å². The number of anilines is 1. The molecule has 0 saturated heterocycles. The monoisotopic (exact) mass is 397 g/mol. The van der Waals surface area contributed by atoms with Crippen molar-refractivity contribution < 1.29 is 9.90 Å². The Kier molecular flexibility index (Phi) is 5.61. The van der Waals surface area contributed by atoms with E-state index in [4.69, 9.17) is 10.2 Å². The number of nitrogens with one attached hydrogen (secondary N) is 1. The zero-order valence-electron chi connectivity index (χ0n) is 16.0. The first-order valence-electron chi connectivity index (χ1n) is 9.33. The maximum absolute atomic E-state index is 11.0. The van der Waals surface area contributed by atoms with E-state index in [9.17, 15) is 4.79 Å². The summed E-state index contributed by atoms with van der Waals surface area (Å²) < 4.78 is 1.88. The van der Waals surface area contributed by atoms with E-state index in [0.717, 1.165) is 22.4 Å². The molecule has 0 spiro atoms. The van der Waals surface area contributed by atoms with Crippen LogP contribution < -0.4 is 5.43 Å². The van der Waals surface area contributed by atoms with Crippen molar-refractivity contribution in [1.82, 2.24) is 14.8 Å². The van der Waals surface area contributed by atoms with Gasteiger partial charge in [-0.25, -0.2) is 4.79 Å². The number of benzene rings is 2. The number of aromatic carboxylic acids is 1. The molecule has 0 fully saturated rings. The molecule has 2 heterocycles. The summed E-state index contributed by atoms with van der Waals surface area (Å²) in [6.45, 7) is 0.645. The molecule has 0 aliphatic heterocycles. The van der Waals surface area contributed by atoms with E-state index in [2.05, 4.69) is 27.6 Å². The number of carbonyl (C=O) groups is 1. The van der Waals surface area contributed by atoms with Crippen molar-refractivity contribution in [3.63, 3.8) is 0 Å². The fraction of sp³-hybridized carbons (Fsp3) is 0.0435. The molecule has 0 aliphatic rings. The standard InChI is InChI=1S/C23H19N5O2/c29-23(30)18-8-10-21(11-9-18)26-25-14-20-16-28(15-17-5-2-1-3-6-17)27-22(20)19-7-4-12-24-13-19/h1-14,16,26H,15H2,(H,29,30)/b25-14-. The maximum atomic E-state index is 11.0. The summed E-state index contributed by atoms with van der Waals surface area (Å²) >= 11 is 0. The van der Waals surface area contributed by atoms with Gasteiger partial charge in [0.25, 0.3) is 0 Å². The lowest BCUT2D eigenvalue weighted by molar-refractivity contribution is 0.0697. The fourth-order valence-electron chi connectivity index (χ4n) is 2.97. The third-order valence-corrected chi connectivity index (χ3v) is 4.44. The Morgan fingerprint density at radius 3 is 2.57 bits per heavy atom. The molecule has 2 aromatic carbocycles. The van der Waals surface area contributed by atoms with E-state index in [0.29, 0.717) is 12.2 Å². The number of rotatable bonds is 7. The number of hydrogen-bond donors (Lipinski definition) is 2. The molecule has 30 heavy (non-hydrogen) atoms. The topological polar surface area (TPSA) is 92.4 Å². The number of nitrogens with zero attached hydrogens (tertiary/aromatic N) is 4. The van der Waals surface area contributed by atoms with Crippen molar-refractivity contribution in [2.45, 2.75) is 6.54 Å². The lowest BCUT2D eigenvalue weighted by Crippen LogP contribution is -2.00. The molecule has 0 radical (unpaired) electrons. The summed E-state index contributed by atoms with van der Waals surface area (Å²) in [6, 6.07) is 20.3. The van der Waals surface area contributed by atoms with Gasteiger partial charge in [0.05, 0.1) is 24.0 Å². The van der Waals surface area contributed by atoms with Crippen molar-refractivity contribution in [1.29, 1.82) is 0 Å². The SMILES string of the molecule is O=C(O)c1ccc(N/N=C\c2cn(Cc3ccccc3)nc2-c2cccnc2)cc1. The first-order valence-corrected chi connectivity index (χ1v) is 9.33. The van der Waals surface area contributed by atoms with Gasteiger partial charge in [-0.2, -0.15) is 10.2 Å². The van der Waals surface area contributed by atoms with E-state index >= 15 is 0 Å². The van der Waals surface area contributed by atoms with Crippen LogP contribution in [-0.2, 0) is 6.54 Å². The number of hydrogen-bond acceptors (Lipinski definition) is 5. The Morgan fingerprint density at radius 2 is 1.87 bits per heavy atom. The first-order chi connectivity index (χ1) is 14.7. The van der Waals surface area contributed by atoms with Gasteiger partial charge >= 0.3 is 5.97 Å². The van der Waals surface area contributed by atoms with E-state index in [1.807, 2.05) is 41.2 Å². The summed E-state index contributed by atoms with van der Waals surface area (Å²) in [4.78, 5) is 15.1. The van der Waals surface area contributed by atoms with Crippen molar-refractivity contribution in [2.24, 2.45) is 5.10 Å². The highest BCUT2D eigenvalue weighted by Gasteiger charge is 2.10. The Bertz CT molecular complexity index is 1150. The van der Waals surface area contributed by atoms with Crippen molar-refractivity contribution in [2.75, 3.05) is 5.43 Å². The van der Waals surface area contributed by atoms with Crippen molar-refractivity contribution in [3.8, 4) is 11.3 Å². The van der Waals surface area contributed by atoms with Crippen LogP contribution in [0.3, 0.4) is 0 Å². The molecule has 7 nitrogen and oxygen atoms in total. The van der Waals surface area contributed by atoms with Crippen LogP contribution in [0.5, 0.6) is 0 Å². The molecule has 0 unspecified atom stereocenters. The molecule has 7 heteroatoms. The third-order valence-electron chi connectivity index (χ3n) is 4.44. The Hall–Kier alpha value is -4.26. The molecule has 2 aromatic heterocycles. The van der Waals surface area contributed by atoms with Crippen LogP contribution in [0.15, 0.2) is 90.4 Å². The minimum atomic E-state index is -0.961. The number of carboxylic acid groups (broad SMARTS) is 1. The summed E-state index contributed by atoms with van der Waals surface area (Å²) in [5, 5.41) is 18.0. The molecule has 0 bridgehead atoms. The molecule has 148 valence electrons. The van der Waals surface area contributed by atoms with E-state index in [-0.39, 0.29) is 5.56 Å². The van der Waals surface area contributed by atoms with Crippen LogP contribution in [0.1, 0.15) is 21.5 Å². The number of aromatic nitrogens is 3. The highest BCUT2D eigenvalue weighted by Crippen LogP contribution is 2.20. The normalized spacial score (nSPS) is 10.9. The molecular weight excluding hydrogens is 378 g/mol. The number of carboxylic acids is 1. The van der Waals surface area contributed by atoms with Gasteiger partial charge in [-0.05, 0) is 42.0 Å². The maximum Gasteiger partial charge on any atom is 0.335 e. The fourth-order valence-corrected chi connectivity index (χ4v) is 2.97. The zero-order chi connectivity index (χ0) is 20.8. The molecule has 0 aliphatic carbocycles. The van der Waals surface area contributed by atoms with Crippen molar-refractivity contribution in [3.05, 3.63) is 102 Å². The predicted molar refractivity (Wildman–Crippen MR) is 116 cm³/mol. The zero-order valence-corrected chi connectivity index (χ0v) is 16.0. The average molecular weight is 397 g/mol. The lowest BCUT2D eigenvalue weighted by atomic mass is 10.1. The minimum Gasteiger partial charge on any atom is -0.478 e. The highest BCUT2D eigenvalue weighted by molar-refractivity contribution is 5.89. The lowest BCUT2D eigenvalue weighted by Gasteiger charge is -2.01. The van der Waals surface area contributed by atoms with Gasteiger partial charge in [0.1, 0.15) is 5.69 Å². The van der Waals surface area contributed by atoms with Gasteiger partial charge in [-0.15, -0.1) is 0 Å². The summed E-state index contributed by atoms with van der Waals surface area (Å²) in [5.74, 6) is -0.961. The number of hydrazone groups is 1. The van der Waals surface area contributed by atoms with Crippen LogP contribution in [0.4, 0.5) is 5.69 Å². The second-order valence-corrected chi connectivity index (χ2v) is 6.61. The van der Waals surface area contributed by atoms with E-state index in [1.165, 1.54) is 12.1 Å². The van der Waals surface area contributed by atoms with Crippen LogP contribution in [-0.4, -0.2) is 32.1 Å². The van der Waals surface area contributed by atoms with Gasteiger partial charge in [-0.3, -0.25) is 15.1 Å². The van der Waals surface area contributed by atoms with Gasteiger partial charge in [-0.1, -0.05) is 30.3 Å². The van der Waals surface area contributed by atoms with Gasteiger partial charge in [0.15, 0.2) is 0 Å². The molecule has 0 saturated carbocycles. The molecule has 4 rings (SSSR count). The largest absolute Gasteiger partial charge is 0.478 e. The smallest absolute Gasteiger partial charge is 0.335 e. The minimum absolute atomic E-state index is 0.227. The van der Waals surface area contributed by atoms with Crippen LogP contribution in [0.2, 0.25) is 0 Å². The second kappa shape index (κ2) is 8.83. The summed E-state index contributed by atoms with van der Waals surface area (Å²) in [7, 11) is 0. The summed E-state index contributed by atoms with van der Waals surface area (Å²) in [6.07, 6.45) is 7.13. The average Bonchev–Trinajstić information content (AvgIpc) is 3.18. The second-order valence-electron chi connectivity index (χ2n) is 6.61. The Balaban J connectivity index is 1.57. The summed E-state index contributed by atoms with van der Waals surface area (Å²) in [5.41, 5.74) is 7.51. The number of pyridine rings is 1. The predicted octanol–water partition coefficient (Wildman–Crippen LogP) is 4.14.